The van der Waals surface area contributed by atoms with Crippen LogP contribution in [0.3, 0.4) is 0 Å². The zero-order valence-corrected chi connectivity index (χ0v) is 15.2. The van der Waals surface area contributed by atoms with Crippen molar-refractivity contribution in [3.05, 3.63) is 70.4 Å². The third-order valence-corrected chi connectivity index (χ3v) is 4.67. The number of nitrogens with zero attached hydrogens (tertiary/aromatic N) is 1. The van der Waals surface area contributed by atoms with Crippen LogP contribution in [0, 0.1) is 11.6 Å². The van der Waals surface area contributed by atoms with Crippen LogP contribution in [0.1, 0.15) is 21.6 Å². The molecule has 0 amide bonds. The average Bonchev–Trinajstić information content (AvgIpc) is 3.28. The zero-order chi connectivity index (χ0) is 19.8. The molecule has 1 N–H and O–H groups in total. The maximum atomic E-state index is 13.4. The largest absolute Gasteiger partial charge is 0.493 e. The minimum Gasteiger partial charge on any atom is -0.493 e. The molecule has 0 bridgehead atoms. The predicted octanol–water partition coefficient (Wildman–Crippen LogP) is 4.19. The monoisotopic (exact) mass is 382 g/mol. The summed E-state index contributed by atoms with van der Waals surface area (Å²) in [5.74, 6) is -0.887. The van der Waals surface area contributed by atoms with Crippen molar-refractivity contribution in [3.63, 3.8) is 0 Å². The van der Waals surface area contributed by atoms with Crippen LogP contribution in [0.5, 0.6) is 11.5 Å². The molecular formula is C21H16F2N2O3. The highest BCUT2D eigenvalue weighted by molar-refractivity contribution is 6.15. The highest BCUT2D eigenvalue weighted by Gasteiger charge is 2.27. The van der Waals surface area contributed by atoms with Crippen molar-refractivity contribution < 1.29 is 23.0 Å². The van der Waals surface area contributed by atoms with Crippen molar-refractivity contribution in [2.75, 3.05) is 14.2 Å². The van der Waals surface area contributed by atoms with Gasteiger partial charge in [-0.25, -0.2) is 8.78 Å². The van der Waals surface area contributed by atoms with E-state index in [0.29, 0.717) is 46.0 Å². The summed E-state index contributed by atoms with van der Waals surface area (Å²) in [5.41, 5.74) is 3.51. The lowest BCUT2D eigenvalue weighted by Gasteiger charge is -2.08. The highest BCUT2D eigenvalue weighted by atomic mass is 19.2. The number of benzene rings is 2. The second-order valence-corrected chi connectivity index (χ2v) is 6.38. The lowest BCUT2D eigenvalue weighted by Crippen LogP contribution is -1.97. The van der Waals surface area contributed by atoms with Crippen molar-refractivity contribution in [2.45, 2.75) is 6.42 Å². The Morgan fingerprint density at radius 1 is 1.04 bits per heavy atom. The summed E-state index contributed by atoms with van der Waals surface area (Å²) >= 11 is 0. The molecule has 7 heteroatoms. The number of halogens is 2. The van der Waals surface area contributed by atoms with E-state index >= 15 is 0 Å². The summed E-state index contributed by atoms with van der Waals surface area (Å²) < 4.78 is 37.1. The van der Waals surface area contributed by atoms with E-state index in [1.807, 2.05) is 0 Å². The zero-order valence-electron chi connectivity index (χ0n) is 15.2. The number of H-pyrrole nitrogens is 1. The van der Waals surface area contributed by atoms with Crippen molar-refractivity contribution in [2.24, 2.45) is 0 Å². The number of nitrogens with one attached hydrogen (secondary N) is 1. The van der Waals surface area contributed by atoms with Crippen molar-refractivity contribution in [1.29, 1.82) is 0 Å². The van der Waals surface area contributed by atoms with Crippen molar-refractivity contribution >= 4 is 11.9 Å². The molecule has 28 heavy (non-hydrogen) atoms. The summed E-state index contributed by atoms with van der Waals surface area (Å²) in [6.45, 7) is 0. The fraction of sp³-hybridized carbons (Fsp3) is 0.143. The van der Waals surface area contributed by atoms with Gasteiger partial charge in [0, 0.05) is 23.1 Å². The lowest BCUT2D eigenvalue weighted by molar-refractivity contribution is 0.104. The molecule has 0 saturated carbocycles. The fourth-order valence-corrected chi connectivity index (χ4v) is 3.26. The number of ketones is 1. The molecule has 4 rings (SSSR count). The van der Waals surface area contributed by atoms with E-state index in [9.17, 15) is 13.6 Å². The number of hydrogen-bond acceptors (Lipinski definition) is 4. The first-order valence-corrected chi connectivity index (χ1v) is 8.51. The molecule has 0 saturated heterocycles. The molecule has 1 aromatic heterocycles. The quantitative estimate of drug-likeness (QED) is 0.687. The van der Waals surface area contributed by atoms with Gasteiger partial charge in [-0.1, -0.05) is 0 Å². The van der Waals surface area contributed by atoms with Gasteiger partial charge in [0.2, 0.25) is 0 Å². The molecule has 0 fully saturated rings. The van der Waals surface area contributed by atoms with E-state index in [-0.39, 0.29) is 5.78 Å². The van der Waals surface area contributed by atoms with Gasteiger partial charge in [0.25, 0.3) is 0 Å². The highest BCUT2D eigenvalue weighted by Crippen LogP contribution is 2.37. The third-order valence-electron chi connectivity index (χ3n) is 4.67. The van der Waals surface area contributed by atoms with Crippen LogP contribution < -0.4 is 9.47 Å². The summed E-state index contributed by atoms with van der Waals surface area (Å²) in [6, 6.07) is 8.73. The molecule has 5 nitrogen and oxygen atoms in total. The summed E-state index contributed by atoms with van der Waals surface area (Å²) in [5, 5.41) is 6.93. The number of allylic oxidation sites excluding steroid dienone is 1. The number of carbonyl (C=O) groups is 1. The number of hydrogen-bond donors (Lipinski definition) is 1. The number of ether oxygens (including phenoxy) is 2. The Kier molecular flexibility index (Phi) is 4.43. The topological polar surface area (TPSA) is 64.2 Å². The maximum Gasteiger partial charge on any atom is 0.189 e. The van der Waals surface area contributed by atoms with Gasteiger partial charge in [-0.2, -0.15) is 5.10 Å². The standard InChI is InChI=1S/C21H16F2N2O3/c1-27-19-8-12-5-13(21(26)15(12)10-20(19)28-2)6-14-9-18(25-24-14)11-3-4-16(22)17(23)7-11/h3-4,6-10H,5H2,1-2H3,(H,24,25)/b13-6+. The molecule has 0 aliphatic heterocycles. The minimum atomic E-state index is -0.940. The molecule has 2 aromatic carbocycles. The Labute approximate surface area is 159 Å². The molecule has 3 aromatic rings. The molecule has 0 radical (unpaired) electrons. The Morgan fingerprint density at radius 2 is 1.79 bits per heavy atom. The van der Waals surface area contributed by atoms with E-state index in [2.05, 4.69) is 10.2 Å². The van der Waals surface area contributed by atoms with Gasteiger partial charge in [0.05, 0.1) is 25.6 Å². The Balaban J connectivity index is 1.64. The van der Waals surface area contributed by atoms with Gasteiger partial charge in [-0.3, -0.25) is 9.89 Å². The Morgan fingerprint density at radius 3 is 2.50 bits per heavy atom. The number of carbonyl (C=O) groups excluding carboxylic acids is 1. The number of fused-ring (bicyclic) bond motifs is 1. The predicted molar refractivity (Wildman–Crippen MR) is 99.5 cm³/mol. The van der Waals surface area contributed by atoms with Gasteiger partial charge in [0.1, 0.15) is 0 Å². The van der Waals surface area contributed by atoms with E-state index in [1.54, 1.807) is 31.4 Å². The third kappa shape index (κ3) is 3.05. The number of rotatable bonds is 4. The molecule has 1 aliphatic carbocycles. The van der Waals surface area contributed by atoms with Crippen LogP contribution in [-0.4, -0.2) is 30.2 Å². The second-order valence-electron chi connectivity index (χ2n) is 6.38. The van der Waals surface area contributed by atoms with Crippen LogP contribution in [0.2, 0.25) is 0 Å². The minimum absolute atomic E-state index is 0.0973. The number of aromatic amines is 1. The molecule has 1 aliphatic rings. The molecule has 0 spiro atoms. The summed E-state index contributed by atoms with van der Waals surface area (Å²) in [6.07, 6.45) is 2.16. The number of Topliss-reactive ketones (excluding diaryl/α,β-unsaturated/α-hetero) is 1. The van der Waals surface area contributed by atoms with Crippen molar-refractivity contribution in [1.82, 2.24) is 10.2 Å². The lowest BCUT2D eigenvalue weighted by atomic mass is 10.1. The number of aromatic nitrogens is 2. The summed E-state index contributed by atoms with van der Waals surface area (Å²) in [4.78, 5) is 12.7. The van der Waals surface area contributed by atoms with Crippen LogP contribution in [0.25, 0.3) is 17.3 Å². The first-order chi connectivity index (χ1) is 13.5. The molecular weight excluding hydrogens is 366 g/mol. The van der Waals surface area contributed by atoms with Gasteiger partial charge in [-0.15, -0.1) is 0 Å². The Hall–Kier alpha value is -3.48. The molecule has 142 valence electrons. The van der Waals surface area contributed by atoms with Gasteiger partial charge >= 0.3 is 0 Å². The fourth-order valence-electron chi connectivity index (χ4n) is 3.26. The van der Waals surface area contributed by atoms with Crippen LogP contribution >= 0.6 is 0 Å². The first kappa shape index (κ1) is 17.9. The Bertz CT molecular complexity index is 1120. The van der Waals surface area contributed by atoms with E-state index in [1.165, 1.54) is 13.2 Å². The van der Waals surface area contributed by atoms with E-state index < -0.39 is 11.6 Å². The van der Waals surface area contributed by atoms with Gasteiger partial charge < -0.3 is 9.47 Å². The molecule has 1 heterocycles. The first-order valence-electron chi connectivity index (χ1n) is 8.51. The van der Waals surface area contributed by atoms with Crippen LogP contribution in [0.15, 0.2) is 42.0 Å². The van der Waals surface area contributed by atoms with E-state index in [0.717, 1.165) is 17.7 Å². The average molecular weight is 382 g/mol. The van der Waals surface area contributed by atoms with Crippen LogP contribution in [-0.2, 0) is 6.42 Å². The number of methoxy groups -OCH3 is 2. The smallest absolute Gasteiger partial charge is 0.189 e. The van der Waals surface area contributed by atoms with Crippen molar-refractivity contribution in [3.8, 4) is 22.8 Å². The molecule has 0 atom stereocenters. The SMILES string of the molecule is COc1cc2c(cc1OC)C(=O)/C(=C/c1cc(-c3ccc(F)c(F)c3)n[nH]1)C2. The van der Waals surface area contributed by atoms with E-state index in [4.69, 9.17) is 9.47 Å². The molecule has 0 unspecified atom stereocenters. The second kappa shape index (κ2) is 6.92. The normalized spacial score (nSPS) is 14.4. The van der Waals surface area contributed by atoms with Gasteiger partial charge in [0.15, 0.2) is 28.9 Å². The van der Waals surface area contributed by atoms with Crippen LogP contribution in [0.4, 0.5) is 8.78 Å². The summed E-state index contributed by atoms with van der Waals surface area (Å²) in [7, 11) is 3.06. The maximum absolute atomic E-state index is 13.4. The van der Waals surface area contributed by atoms with Gasteiger partial charge in [-0.05, 0) is 48.0 Å².